The molecule has 1 aromatic rings. The van der Waals surface area contributed by atoms with E-state index in [-0.39, 0.29) is 24.3 Å². The van der Waals surface area contributed by atoms with Crippen molar-refractivity contribution >= 4 is 35.7 Å². The standard InChI is InChI=1S/C13H18N4O2.ClH/c1-13(2,14)11(18)16-9-4-3-5-10(8-9)17-7-6-15-12(17)19;/h3-5,8H,6-7,14H2,1-2H3,(H,15,19)(H,16,18);1H. The normalized spacial score (nSPS) is 14.6. The van der Waals surface area contributed by atoms with Gasteiger partial charge in [-0.1, -0.05) is 6.07 Å². The highest BCUT2D eigenvalue weighted by molar-refractivity contribution is 5.99. The fraction of sp³-hybridized carbons (Fsp3) is 0.385. The number of hydrogen-bond donors (Lipinski definition) is 3. The van der Waals surface area contributed by atoms with Gasteiger partial charge in [-0.15, -0.1) is 12.4 Å². The van der Waals surface area contributed by atoms with Gasteiger partial charge in [0.05, 0.1) is 5.54 Å². The number of anilines is 2. The molecule has 1 fully saturated rings. The first-order chi connectivity index (χ1) is 8.88. The summed E-state index contributed by atoms with van der Waals surface area (Å²) in [5, 5.41) is 5.47. The van der Waals surface area contributed by atoms with Gasteiger partial charge in [-0.2, -0.15) is 0 Å². The van der Waals surface area contributed by atoms with Crippen molar-refractivity contribution in [1.29, 1.82) is 0 Å². The van der Waals surface area contributed by atoms with Crippen LogP contribution >= 0.6 is 12.4 Å². The third-order valence-corrected chi connectivity index (χ3v) is 2.86. The number of carbonyl (C=O) groups is 2. The van der Waals surface area contributed by atoms with Crippen molar-refractivity contribution in [3.63, 3.8) is 0 Å². The summed E-state index contributed by atoms with van der Waals surface area (Å²) in [5.74, 6) is -0.268. The van der Waals surface area contributed by atoms with Crippen molar-refractivity contribution in [1.82, 2.24) is 5.32 Å². The van der Waals surface area contributed by atoms with Crippen LogP contribution in [0.15, 0.2) is 24.3 Å². The Balaban J connectivity index is 0.00000200. The van der Waals surface area contributed by atoms with E-state index in [0.717, 1.165) is 5.69 Å². The first-order valence-electron chi connectivity index (χ1n) is 6.14. The number of nitrogens with two attached hydrogens (primary N) is 1. The van der Waals surface area contributed by atoms with Crippen LogP contribution in [-0.2, 0) is 4.79 Å². The lowest BCUT2D eigenvalue weighted by Gasteiger charge is -2.19. The number of amides is 3. The van der Waals surface area contributed by atoms with Gasteiger partial charge >= 0.3 is 6.03 Å². The smallest absolute Gasteiger partial charge is 0.321 e. The molecule has 0 radical (unpaired) electrons. The molecule has 2 rings (SSSR count). The van der Waals surface area contributed by atoms with Crippen molar-refractivity contribution in [2.24, 2.45) is 5.73 Å². The average molecular weight is 299 g/mol. The third kappa shape index (κ3) is 3.61. The fourth-order valence-corrected chi connectivity index (χ4v) is 1.76. The van der Waals surface area contributed by atoms with E-state index in [1.807, 2.05) is 6.07 Å². The Bertz CT molecular complexity index is 513. The summed E-state index contributed by atoms with van der Waals surface area (Å²) in [6, 6.07) is 7.02. The van der Waals surface area contributed by atoms with E-state index in [4.69, 9.17) is 5.73 Å². The predicted molar refractivity (Wildman–Crippen MR) is 81.3 cm³/mol. The van der Waals surface area contributed by atoms with E-state index in [0.29, 0.717) is 18.8 Å². The summed E-state index contributed by atoms with van der Waals surface area (Å²) in [6.07, 6.45) is 0. The number of rotatable bonds is 3. The van der Waals surface area contributed by atoms with E-state index in [2.05, 4.69) is 10.6 Å². The van der Waals surface area contributed by atoms with Crippen LogP contribution in [0.4, 0.5) is 16.2 Å². The van der Waals surface area contributed by atoms with Gasteiger partial charge in [0.15, 0.2) is 0 Å². The molecule has 1 aromatic carbocycles. The highest BCUT2D eigenvalue weighted by Gasteiger charge is 2.23. The third-order valence-electron chi connectivity index (χ3n) is 2.86. The number of urea groups is 1. The largest absolute Gasteiger partial charge is 0.336 e. The number of benzene rings is 1. The SMILES string of the molecule is CC(C)(N)C(=O)Nc1cccc(N2CCNC2=O)c1.Cl. The van der Waals surface area contributed by atoms with Crippen LogP contribution in [0.3, 0.4) is 0 Å². The number of nitrogens with zero attached hydrogens (tertiary/aromatic N) is 1. The Labute approximate surface area is 124 Å². The van der Waals surface area contributed by atoms with Crippen molar-refractivity contribution in [2.45, 2.75) is 19.4 Å². The highest BCUT2D eigenvalue weighted by atomic mass is 35.5. The molecule has 7 heteroatoms. The predicted octanol–water partition coefficient (Wildman–Crippen LogP) is 1.31. The van der Waals surface area contributed by atoms with Crippen LogP contribution in [0.1, 0.15) is 13.8 Å². The molecule has 1 aliphatic rings. The van der Waals surface area contributed by atoms with Gasteiger partial charge in [-0.25, -0.2) is 4.79 Å². The molecule has 20 heavy (non-hydrogen) atoms. The van der Waals surface area contributed by atoms with E-state index >= 15 is 0 Å². The molecule has 1 saturated heterocycles. The molecule has 0 aliphatic carbocycles. The molecule has 1 heterocycles. The zero-order valence-electron chi connectivity index (χ0n) is 11.5. The Morgan fingerprint density at radius 1 is 1.45 bits per heavy atom. The van der Waals surface area contributed by atoms with Gasteiger partial charge < -0.3 is 16.4 Å². The highest BCUT2D eigenvalue weighted by Crippen LogP contribution is 2.21. The van der Waals surface area contributed by atoms with E-state index in [1.165, 1.54) is 0 Å². The van der Waals surface area contributed by atoms with Gasteiger partial charge in [-0.3, -0.25) is 9.69 Å². The Hall–Kier alpha value is -1.79. The molecule has 1 aliphatic heterocycles. The van der Waals surface area contributed by atoms with E-state index in [1.54, 1.807) is 36.9 Å². The van der Waals surface area contributed by atoms with Crippen molar-refractivity contribution < 1.29 is 9.59 Å². The Kier molecular flexibility index (Phi) is 4.97. The fourth-order valence-electron chi connectivity index (χ4n) is 1.76. The second-order valence-corrected chi connectivity index (χ2v) is 5.11. The summed E-state index contributed by atoms with van der Waals surface area (Å²) < 4.78 is 0. The van der Waals surface area contributed by atoms with Crippen molar-refractivity contribution in [3.05, 3.63) is 24.3 Å². The van der Waals surface area contributed by atoms with Crippen LogP contribution < -0.4 is 21.3 Å². The number of nitrogens with one attached hydrogen (secondary N) is 2. The quantitative estimate of drug-likeness (QED) is 0.786. The first kappa shape index (κ1) is 16.3. The first-order valence-corrected chi connectivity index (χ1v) is 6.14. The minimum Gasteiger partial charge on any atom is -0.336 e. The van der Waals surface area contributed by atoms with Crippen LogP contribution in [-0.4, -0.2) is 30.6 Å². The summed E-state index contributed by atoms with van der Waals surface area (Å²) in [5.41, 5.74) is 6.16. The Morgan fingerprint density at radius 3 is 2.70 bits per heavy atom. The maximum absolute atomic E-state index is 11.8. The van der Waals surface area contributed by atoms with Crippen LogP contribution in [0.2, 0.25) is 0 Å². The molecule has 0 saturated carbocycles. The average Bonchev–Trinajstić information content (AvgIpc) is 2.74. The van der Waals surface area contributed by atoms with Crippen LogP contribution in [0.25, 0.3) is 0 Å². The molecular weight excluding hydrogens is 280 g/mol. The zero-order valence-corrected chi connectivity index (χ0v) is 12.3. The lowest BCUT2D eigenvalue weighted by atomic mass is 10.1. The van der Waals surface area contributed by atoms with Gasteiger partial charge in [0.25, 0.3) is 0 Å². The van der Waals surface area contributed by atoms with Gasteiger partial charge in [-0.05, 0) is 32.0 Å². The maximum Gasteiger partial charge on any atom is 0.321 e. The van der Waals surface area contributed by atoms with Gasteiger partial charge in [0.1, 0.15) is 0 Å². The minimum absolute atomic E-state index is 0. The number of hydrogen-bond acceptors (Lipinski definition) is 3. The molecular formula is C13H19ClN4O2. The summed E-state index contributed by atoms with van der Waals surface area (Å²) in [4.78, 5) is 25.0. The monoisotopic (exact) mass is 298 g/mol. The van der Waals surface area contributed by atoms with Crippen LogP contribution in [0.5, 0.6) is 0 Å². The molecule has 0 bridgehead atoms. The topological polar surface area (TPSA) is 87.5 Å². The summed E-state index contributed by atoms with van der Waals surface area (Å²) in [6.45, 7) is 4.53. The molecule has 0 aromatic heterocycles. The lowest BCUT2D eigenvalue weighted by molar-refractivity contribution is -0.120. The Morgan fingerprint density at radius 2 is 2.15 bits per heavy atom. The molecule has 4 N–H and O–H groups in total. The van der Waals surface area contributed by atoms with Crippen LogP contribution in [0, 0.1) is 0 Å². The van der Waals surface area contributed by atoms with E-state index in [9.17, 15) is 9.59 Å². The summed E-state index contributed by atoms with van der Waals surface area (Å²) in [7, 11) is 0. The molecule has 6 nitrogen and oxygen atoms in total. The molecule has 3 amide bonds. The summed E-state index contributed by atoms with van der Waals surface area (Å²) >= 11 is 0. The molecule has 0 spiro atoms. The lowest BCUT2D eigenvalue weighted by Crippen LogP contribution is -2.45. The van der Waals surface area contributed by atoms with E-state index < -0.39 is 5.54 Å². The van der Waals surface area contributed by atoms with Crippen molar-refractivity contribution in [2.75, 3.05) is 23.3 Å². The minimum atomic E-state index is -0.943. The number of carbonyl (C=O) groups excluding carboxylic acids is 2. The molecule has 0 unspecified atom stereocenters. The maximum atomic E-state index is 11.8. The van der Waals surface area contributed by atoms with Gasteiger partial charge in [0.2, 0.25) is 5.91 Å². The van der Waals surface area contributed by atoms with Crippen molar-refractivity contribution in [3.8, 4) is 0 Å². The zero-order chi connectivity index (χ0) is 14.0. The molecule has 110 valence electrons. The molecule has 0 atom stereocenters. The second kappa shape index (κ2) is 6.11. The second-order valence-electron chi connectivity index (χ2n) is 5.11. The number of halogens is 1. The van der Waals surface area contributed by atoms with Gasteiger partial charge in [0, 0.05) is 24.5 Å².